The molecule has 2 N–H and O–H groups in total. The highest BCUT2D eigenvalue weighted by Gasteiger charge is 2.22. The highest BCUT2D eigenvalue weighted by Crippen LogP contribution is 2.30. The smallest absolute Gasteiger partial charge is 0.233 e. The Bertz CT molecular complexity index is 2250. The van der Waals surface area contributed by atoms with Gasteiger partial charge in [-0.15, -0.1) is 0 Å². The van der Waals surface area contributed by atoms with Crippen LogP contribution in [-0.4, -0.2) is 109 Å². The van der Waals surface area contributed by atoms with Crippen molar-refractivity contribution in [3.63, 3.8) is 0 Å². The summed E-state index contributed by atoms with van der Waals surface area (Å²) in [4.78, 5) is 46.5. The maximum absolute atomic E-state index is 6.33. The van der Waals surface area contributed by atoms with E-state index in [0.29, 0.717) is 65.5 Å². The average molecular weight is 781 g/mol. The molecule has 0 amide bonds. The van der Waals surface area contributed by atoms with E-state index in [1.54, 1.807) is 12.4 Å². The van der Waals surface area contributed by atoms with Gasteiger partial charge in [0.2, 0.25) is 23.8 Å². The van der Waals surface area contributed by atoms with Gasteiger partial charge in [0.25, 0.3) is 0 Å². The number of ether oxygens (including phenoxy) is 2. The molecule has 0 saturated carbocycles. The summed E-state index contributed by atoms with van der Waals surface area (Å²) in [5.74, 6) is 7.58. The number of likely N-dealkylation sites (N-methyl/N-ethyl adjacent to an activating group) is 1. The lowest BCUT2D eigenvalue weighted by Crippen LogP contribution is -2.46. The number of benzene rings is 2. The van der Waals surface area contributed by atoms with Crippen LogP contribution in [0.2, 0.25) is 0 Å². The molecule has 0 atom stereocenters. The van der Waals surface area contributed by atoms with Crippen molar-refractivity contribution in [3.8, 4) is 23.0 Å². The quantitative estimate of drug-likeness (QED) is 0.130. The van der Waals surface area contributed by atoms with E-state index >= 15 is 0 Å². The second-order valence-corrected chi connectivity index (χ2v) is 14.2. The van der Waals surface area contributed by atoms with Crippen molar-refractivity contribution < 1.29 is 9.47 Å². The van der Waals surface area contributed by atoms with Crippen molar-refractivity contribution in [3.05, 3.63) is 108 Å². The first-order valence-electron chi connectivity index (χ1n) is 19.8. The lowest BCUT2D eigenvalue weighted by Gasteiger charge is -2.34. The number of rotatable bonds is 14. The van der Waals surface area contributed by atoms with Gasteiger partial charge in [0, 0.05) is 77.9 Å². The first kappa shape index (κ1) is 38.4. The topological polar surface area (TPSA) is 159 Å². The summed E-state index contributed by atoms with van der Waals surface area (Å²) >= 11 is 0. The summed E-state index contributed by atoms with van der Waals surface area (Å²) < 4.78 is 12.2. The van der Waals surface area contributed by atoms with Crippen molar-refractivity contribution in [2.45, 2.75) is 33.2 Å². The predicted octanol–water partition coefficient (Wildman–Crippen LogP) is 6.12. The van der Waals surface area contributed by atoms with Crippen molar-refractivity contribution in [1.82, 2.24) is 49.7 Å². The summed E-state index contributed by atoms with van der Waals surface area (Å²) in [5, 5.41) is 6.55. The third kappa shape index (κ3) is 9.88. The molecule has 0 unspecified atom stereocenters. The van der Waals surface area contributed by atoms with E-state index in [-0.39, 0.29) is 0 Å². The van der Waals surface area contributed by atoms with Crippen molar-refractivity contribution >= 4 is 35.4 Å². The lowest BCUT2D eigenvalue weighted by atomic mass is 10.2. The molecule has 8 rings (SSSR count). The Kier molecular flexibility index (Phi) is 12.0. The molecule has 0 aliphatic carbocycles. The van der Waals surface area contributed by atoms with Crippen LogP contribution in [0.3, 0.4) is 0 Å². The van der Waals surface area contributed by atoms with Crippen LogP contribution >= 0.6 is 0 Å². The number of anilines is 6. The van der Waals surface area contributed by atoms with Crippen LogP contribution in [-0.2, 0) is 19.4 Å². The van der Waals surface area contributed by atoms with Gasteiger partial charge in [-0.1, -0.05) is 44.2 Å². The van der Waals surface area contributed by atoms with Crippen molar-refractivity contribution in [2.24, 2.45) is 0 Å². The van der Waals surface area contributed by atoms with E-state index in [2.05, 4.69) is 69.3 Å². The Balaban J connectivity index is 0.852. The largest absolute Gasteiger partial charge is 0.456 e. The summed E-state index contributed by atoms with van der Waals surface area (Å²) in [6.07, 6.45) is 4.79. The van der Waals surface area contributed by atoms with Crippen LogP contribution in [0.15, 0.2) is 91.3 Å². The minimum Gasteiger partial charge on any atom is -0.456 e. The number of nitrogens with one attached hydrogen (secondary N) is 2. The molecule has 2 aromatic carbocycles. The molecule has 16 nitrogen and oxygen atoms in total. The maximum atomic E-state index is 6.33. The molecule has 2 fully saturated rings. The van der Waals surface area contributed by atoms with E-state index in [0.717, 1.165) is 76.3 Å². The fourth-order valence-electron chi connectivity index (χ4n) is 6.61. The van der Waals surface area contributed by atoms with E-state index in [9.17, 15) is 0 Å². The van der Waals surface area contributed by atoms with Gasteiger partial charge in [0.05, 0.1) is 6.20 Å². The third-order valence-corrected chi connectivity index (χ3v) is 9.93. The van der Waals surface area contributed by atoms with Gasteiger partial charge in [0.1, 0.15) is 34.7 Å². The molecule has 4 aromatic heterocycles. The second kappa shape index (κ2) is 18.2. The summed E-state index contributed by atoms with van der Waals surface area (Å²) in [6.45, 7) is 11.9. The number of pyridine rings is 2. The second-order valence-electron chi connectivity index (χ2n) is 14.2. The van der Waals surface area contributed by atoms with Crippen LogP contribution < -0.4 is 29.9 Å². The molecule has 6 heterocycles. The Morgan fingerprint density at radius 1 is 0.569 bits per heavy atom. The van der Waals surface area contributed by atoms with Crippen molar-refractivity contribution in [1.29, 1.82) is 0 Å². The zero-order valence-electron chi connectivity index (χ0n) is 33.1. The lowest BCUT2D eigenvalue weighted by molar-refractivity contribution is 0.248. The number of aromatic nitrogens is 8. The highest BCUT2D eigenvalue weighted by atomic mass is 16.5. The summed E-state index contributed by atoms with van der Waals surface area (Å²) in [6, 6.07) is 25.3. The highest BCUT2D eigenvalue weighted by molar-refractivity contribution is 5.59. The van der Waals surface area contributed by atoms with Gasteiger partial charge in [-0.25, -0.2) is 9.97 Å². The Labute approximate surface area is 338 Å². The first-order chi connectivity index (χ1) is 28.5. The number of aryl methyl sites for hydroxylation is 2. The maximum Gasteiger partial charge on any atom is 0.233 e. The zero-order valence-corrected chi connectivity index (χ0v) is 33.1. The monoisotopic (exact) mass is 780 g/mol. The van der Waals surface area contributed by atoms with Crippen LogP contribution in [0.4, 0.5) is 35.4 Å². The number of hydrogen-bond donors (Lipinski definition) is 2. The third-order valence-electron chi connectivity index (χ3n) is 9.93. The minimum atomic E-state index is 0.451. The van der Waals surface area contributed by atoms with Crippen LogP contribution in [0, 0.1) is 0 Å². The molecular weight excluding hydrogens is 733 g/mol. The zero-order chi connectivity index (χ0) is 39.7. The van der Waals surface area contributed by atoms with E-state index in [1.165, 1.54) is 5.56 Å². The molecule has 2 saturated heterocycles. The molecule has 16 heteroatoms. The van der Waals surface area contributed by atoms with E-state index in [4.69, 9.17) is 29.4 Å². The predicted molar refractivity (Wildman–Crippen MR) is 224 cm³/mol. The number of para-hydroxylation sites is 1. The molecule has 0 bridgehead atoms. The van der Waals surface area contributed by atoms with Gasteiger partial charge in [-0.3, -0.25) is 4.90 Å². The molecular formula is C42H48N14O2. The van der Waals surface area contributed by atoms with Gasteiger partial charge < -0.3 is 34.8 Å². The number of piperazine rings is 2. The first-order valence-corrected chi connectivity index (χ1v) is 19.8. The van der Waals surface area contributed by atoms with Crippen LogP contribution in [0.5, 0.6) is 23.0 Å². The molecule has 0 radical (unpaired) electrons. The number of nitrogens with zero attached hydrogens (tertiary/aromatic N) is 12. The standard InChI is InChI=1S/C42H48N14O2/c1-4-35-45-39(47-37-18-17-33(28-44-37)57-31-10-7-6-8-11-31)51-41(48-35)56-26-22-54(23-27-56)29-30-13-15-32(16-14-30)58-34-12-9-19-43-38(34)50-40-46-36(5-2)49-42(52-40)55-24-20-53(3)21-25-55/h6-19,28H,4-5,20-27,29H2,1-3H3,(H,43,46,49,50,52)(H,44,45,47,48,51). The molecule has 0 spiro atoms. The summed E-state index contributed by atoms with van der Waals surface area (Å²) in [5.41, 5.74) is 1.20. The van der Waals surface area contributed by atoms with Crippen LogP contribution in [0.1, 0.15) is 31.1 Å². The van der Waals surface area contributed by atoms with Gasteiger partial charge in [0.15, 0.2) is 11.6 Å². The summed E-state index contributed by atoms with van der Waals surface area (Å²) in [7, 11) is 2.13. The Hall–Kier alpha value is -6.52. The van der Waals surface area contributed by atoms with Crippen LogP contribution in [0.25, 0.3) is 0 Å². The fourth-order valence-corrected chi connectivity index (χ4v) is 6.61. The van der Waals surface area contributed by atoms with E-state index < -0.39 is 0 Å². The molecule has 2 aliphatic rings. The van der Waals surface area contributed by atoms with Gasteiger partial charge in [-0.05, 0) is 61.1 Å². The minimum absolute atomic E-state index is 0.451. The molecule has 6 aromatic rings. The average Bonchev–Trinajstić information content (AvgIpc) is 3.26. The Morgan fingerprint density at radius 2 is 1.19 bits per heavy atom. The normalized spacial score (nSPS) is 14.9. The molecule has 58 heavy (non-hydrogen) atoms. The SMILES string of the molecule is CCc1nc(Nc2ccc(Oc3ccccc3)cn2)nc(N2CCN(Cc3ccc(Oc4cccnc4Nc4nc(CC)nc(N5CCN(C)CC5)n4)cc3)CC2)n1. The fraction of sp³-hybridized carbons (Fsp3) is 0.333. The Morgan fingerprint density at radius 3 is 1.83 bits per heavy atom. The van der Waals surface area contributed by atoms with Crippen molar-refractivity contribution in [2.75, 3.05) is 79.8 Å². The van der Waals surface area contributed by atoms with Gasteiger partial charge >= 0.3 is 0 Å². The molecule has 298 valence electrons. The van der Waals surface area contributed by atoms with Gasteiger partial charge in [-0.2, -0.15) is 29.9 Å². The number of hydrogen-bond acceptors (Lipinski definition) is 16. The van der Waals surface area contributed by atoms with E-state index in [1.807, 2.05) is 80.6 Å². The molecule has 2 aliphatic heterocycles.